The summed E-state index contributed by atoms with van der Waals surface area (Å²) >= 11 is 11.9. The maximum Gasteiger partial charge on any atom is 0.251 e. The summed E-state index contributed by atoms with van der Waals surface area (Å²) in [5, 5.41) is 3.70. The highest BCUT2D eigenvalue weighted by molar-refractivity contribution is 6.42. The molecule has 26 heavy (non-hydrogen) atoms. The Morgan fingerprint density at radius 2 is 1.73 bits per heavy atom. The molecule has 2 rings (SSSR count). The van der Waals surface area contributed by atoms with Gasteiger partial charge in [0.2, 0.25) is 0 Å². The molecule has 7 heteroatoms. The van der Waals surface area contributed by atoms with E-state index in [-0.39, 0.29) is 11.9 Å². The Bertz CT molecular complexity index is 781. The number of hydrogen-bond acceptors (Lipinski definition) is 4. The third-order valence-electron chi connectivity index (χ3n) is 4.05. The molecule has 0 heterocycles. The van der Waals surface area contributed by atoms with Crippen LogP contribution in [-0.2, 0) is 0 Å². The normalized spacial score (nSPS) is 12.0. The average molecular weight is 397 g/mol. The molecule has 0 spiro atoms. The van der Waals surface area contributed by atoms with Gasteiger partial charge in [-0.1, -0.05) is 29.3 Å². The monoisotopic (exact) mass is 396 g/mol. The molecular weight excluding hydrogens is 375 g/mol. The smallest absolute Gasteiger partial charge is 0.251 e. The molecule has 0 fully saturated rings. The maximum atomic E-state index is 12.4. The zero-order valence-corrected chi connectivity index (χ0v) is 16.7. The van der Waals surface area contributed by atoms with Gasteiger partial charge in [0.05, 0.1) is 30.3 Å². The molecule has 0 aliphatic heterocycles. The van der Waals surface area contributed by atoms with E-state index < -0.39 is 0 Å². The zero-order valence-electron chi connectivity index (χ0n) is 15.2. The highest BCUT2D eigenvalue weighted by Crippen LogP contribution is 2.31. The number of hydrogen-bond donors (Lipinski definition) is 1. The third kappa shape index (κ3) is 4.81. The molecule has 0 bridgehead atoms. The third-order valence-corrected chi connectivity index (χ3v) is 4.79. The van der Waals surface area contributed by atoms with Crippen LogP contribution in [0, 0.1) is 0 Å². The predicted molar refractivity (Wildman–Crippen MR) is 105 cm³/mol. The predicted octanol–water partition coefficient (Wildman–Crippen LogP) is 4.04. The van der Waals surface area contributed by atoms with E-state index in [2.05, 4.69) is 5.32 Å². The Hall–Kier alpha value is -1.95. The molecule has 1 unspecified atom stereocenters. The summed E-state index contributed by atoms with van der Waals surface area (Å²) in [5.74, 6) is 1.09. The number of halogens is 2. The SMILES string of the molecule is COc1ccc(C(CNC(=O)c2ccc(Cl)c(Cl)c2)N(C)C)cc1OC. The maximum absolute atomic E-state index is 12.4. The molecule has 0 aliphatic rings. The summed E-state index contributed by atoms with van der Waals surface area (Å²) in [5.41, 5.74) is 1.46. The number of carbonyl (C=O) groups is 1. The standard InChI is InChI=1S/C19H22Cl2N2O3/c1-23(2)16(12-6-8-17(25-3)18(10-12)26-4)11-22-19(24)13-5-7-14(20)15(21)9-13/h5-10,16H,11H2,1-4H3,(H,22,24). The van der Waals surface area contributed by atoms with Gasteiger partial charge in [-0.05, 0) is 50.0 Å². The number of benzene rings is 2. The number of nitrogens with zero attached hydrogens (tertiary/aromatic N) is 1. The van der Waals surface area contributed by atoms with Crippen molar-refractivity contribution < 1.29 is 14.3 Å². The molecule has 0 aromatic heterocycles. The lowest BCUT2D eigenvalue weighted by Gasteiger charge is -2.26. The van der Waals surface area contributed by atoms with Gasteiger partial charge in [-0.2, -0.15) is 0 Å². The fourth-order valence-electron chi connectivity index (χ4n) is 2.59. The average Bonchev–Trinajstić information content (AvgIpc) is 2.63. The highest BCUT2D eigenvalue weighted by Gasteiger charge is 2.18. The quantitative estimate of drug-likeness (QED) is 0.766. The fourth-order valence-corrected chi connectivity index (χ4v) is 2.89. The van der Waals surface area contributed by atoms with Gasteiger partial charge in [0.1, 0.15) is 0 Å². The van der Waals surface area contributed by atoms with E-state index in [1.54, 1.807) is 32.4 Å². The largest absolute Gasteiger partial charge is 0.493 e. The van der Waals surface area contributed by atoms with E-state index in [0.717, 1.165) is 5.56 Å². The summed E-state index contributed by atoms with van der Waals surface area (Å²) in [7, 11) is 7.09. The molecule has 0 radical (unpaired) electrons. The van der Waals surface area contributed by atoms with Crippen molar-refractivity contribution in [1.82, 2.24) is 10.2 Å². The van der Waals surface area contributed by atoms with Crippen LogP contribution in [-0.4, -0.2) is 45.7 Å². The molecule has 0 saturated carbocycles. The van der Waals surface area contributed by atoms with Crippen LogP contribution in [0.1, 0.15) is 22.0 Å². The van der Waals surface area contributed by atoms with Crippen molar-refractivity contribution in [3.05, 3.63) is 57.6 Å². The molecule has 0 aliphatic carbocycles. The molecule has 1 amide bonds. The minimum atomic E-state index is -0.212. The topological polar surface area (TPSA) is 50.8 Å². The molecule has 1 N–H and O–H groups in total. The van der Waals surface area contributed by atoms with Crippen LogP contribution in [0.2, 0.25) is 10.0 Å². The molecule has 2 aromatic rings. The highest BCUT2D eigenvalue weighted by atomic mass is 35.5. The molecule has 2 aromatic carbocycles. The number of carbonyl (C=O) groups excluding carboxylic acids is 1. The minimum Gasteiger partial charge on any atom is -0.493 e. The van der Waals surface area contributed by atoms with E-state index >= 15 is 0 Å². The van der Waals surface area contributed by atoms with Gasteiger partial charge in [-0.3, -0.25) is 4.79 Å². The number of nitrogens with one attached hydrogen (secondary N) is 1. The van der Waals surface area contributed by atoms with Gasteiger partial charge < -0.3 is 19.7 Å². The Labute approximate surface area is 163 Å². The van der Waals surface area contributed by atoms with Crippen LogP contribution >= 0.6 is 23.2 Å². The Balaban J connectivity index is 2.15. The van der Waals surface area contributed by atoms with Crippen molar-refractivity contribution >= 4 is 29.1 Å². The molecule has 5 nitrogen and oxygen atoms in total. The van der Waals surface area contributed by atoms with Gasteiger partial charge in [0.15, 0.2) is 11.5 Å². The number of ether oxygens (including phenoxy) is 2. The summed E-state index contributed by atoms with van der Waals surface area (Å²) < 4.78 is 10.6. The van der Waals surface area contributed by atoms with Crippen molar-refractivity contribution in [2.75, 3.05) is 34.9 Å². The lowest BCUT2D eigenvalue weighted by molar-refractivity contribution is 0.0942. The first-order chi connectivity index (χ1) is 12.4. The Kier molecular flexibility index (Phi) is 7.14. The van der Waals surface area contributed by atoms with E-state index in [0.29, 0.717) is 33.7 Å². The van der Waals surface area contributed by atoms with E-state index in [4.69, 9.17) is 32.7 Å². The van der Waals surface area contributed by atoms with E-state index in [1.165, 1.54) is 0 Å². The Morgan fingerprint density at radius 3 is 2.31 bits per heavy atom. The first-order valence-electron chi connectivity index (χ1n) is 7.99. The summed E-state index contributed by atoms with van der Waals surface area (Å²) in [6, 6.07) is 10.5. The summed E-state index contributed by atoms with van der Waals surface area (Å²) in [4.78, 5) is 14.4. The number of amides is 1. The van der Waals surface area contributed by atoms with Gasteiger partial charge in [-0.15, -0.1) is 0 Å². The minimum absolute atomic E-state index is 0.0403. The lowest BCUT2D eigenvalue weighted by Crippen LogP contribution is -2.34. The van der Waals surface area contributed by atoms with Crippen LogP contribution < -0.4 is 14.8 Å². The second kappa shape index (κ2) is 9.12. The second-order valence-corrected chi connectivity index (χ2v) is 6.75. The van der Waals surface area contributed by atoms with E-state index in [1.807, 2.05) is 37.2 Å². The first-order valence-corrected chi connectivity index (χ1v) is 8.74. The lowest BCUT2D eigenvalue weighted by atomic mass is 10.0. The van der Waals surface area contributed by atoms with Crippen LogP contribution in [0.25, 0.3) is 0 Å². The van der Waals surface area contributed by atoms with Crippen LogP contribution in [0.4, 0.5) is 0 Å². The molecular formula is C19H22Cl2N2O3. The van der Waals surface area contributed by atoms with Crippen LogP contribution in [0.5, 0.6) is 11.5 Å². The fraction of sp³-hybridized carbons (Fsp3) is 0.316. The van der Waals surface area contributed by atoms with Crippen molar-refractivity contribution in [3.8, 4) is 11.5 Å². The summed E-state index contributed by atoms with van der Waals surface area (Å²) in [6.45, 7) is 0.418. The van der Waals surface area contributed by atoms with Crippen molar-refractivity contribution in [2.24, 2.45) is 0 Å². The second-order valence-electron chi connectivity index (χ2n) is 5.93. The summed E-state index contributed by atoms with van der Waals surface area (Å²) in [6.07, 6.45) is 0. The molecule has 0 saturated heterocycles. The Morgan fingerprint density at radius 1 is 1.04 bits per heavy atom. The van der Waals surface area contributed by atoms with Crippen molar-refractivity contribution in [2.45, 2.75) is 6.04 Å². The zero-order chi connectivity index (χ0) is 19.3. The number of rotatable bonds is 7. The number of likely N-dealkylation sites (N-methyl/N-ethyl adjacent to an activating group) is 1. The van der Waals surface area contributed by atoms with Crippen molar-refractivity contribution in [1.29, 1.82) is 0 Å². The van der Waals surface area contributed by atoms with E-state index in [9.17, 15) is 4.79 Å². The first kappa shape index (κ1) is 20.4. The number of methoxy groups -OCH3 is 2. The van der Waals surface area contributed by atoms with Crippen LogP contribution in [0.3, 0.4) is 0 Å². The van der Waals surface area contributed by atoms with Gasteiger partial charge in [-0.25, -0.2) is 0 Å². The van der Waals surface area contributed by atoms with Gasteiger partial charge in [0.25, 0.3) is 5.91 Å². The molecule has 1 atom stereocenters. The van der Waals surface area contributed by atoms with Crippen LogP contribution in [0.15, 0.2) is 36.4 Å². The van der Waals surface area contributed by atoms with Gasteiger partial charge >= 0.3 is 0 Å². The van der Waals surface area contributed by atoms with Crippen molar-refractivity contribution in [3.63, 3.8) is 0 Å². The molecule has 140 valence electrons. The van der Waals surface area contributed by atoms with Gasteiger partial charge in [0, 0.05) is 12.1 Å².